The molecule has 0 fully saturated rings. The van der Waals surface area contributed by atoms with Crippen LogP contribution in [0.2, 0.25) is 0 Å². The summed E-state index contributed by atoms with van der Waals surface area (Å²) in [6, 6.07) is 13.0. The Bertz CT molecular complexity index is 864. The van der Waals surface area contributed by atoms with Crippen LogP contribution in [0.25, 0.3) is 0 Å². The number of esters is 1. The number of hydrogen-bond donors (Lipinski definition) is 1. The van der Waals surface area contributed by atoms with E-state index < -0.39 is 0 Å². The number of carbonyl (C=O) groups is 2. The topological polar surface area (TPSA) is 67.9 Å². The lowest BCUT2D eigenvalue weighted by Crippen LogP contribution is -2.46. The first kappa shape index (κ1) is 20.9. The van der Waals surface area contributed by atoms with Crippen LogP contribution in [-0.4, -0.2) is 43.1 Å². The first-order chi connectivity index (χ1) is 14.0. The minimum Gasteiger partial charge on any atom is -0.494 e. The minimum atomic E-state index is -0.368. The lowest BCUT2D eigenvalue weighted by atomic mass is 9.98. The van der Waals surface area contributed by atoms with Gasteiger partial charge in [0.25, 0.3) is 0 Å². The van der Waals surface area contributed by atoms with Crippen molar-refractivity contribution in [3.8, 4) is 5.75 Å². The Morgan fingerprint density at radius 1 is 1.14 bits per heavy atom. The third-order valence-corrected chi connectivity index (χ3v) is 5.30. The maximum Gasteiger partial charge on any atom is 0.337 e. The van der Waals surface area contributed by atoms with Crippen LogP contribution < -0.4 is 10.1 Å². The normalized spacial score (nSPS) is 14.6. The van der Waals surface area contributed by atoms with Gasteiger partial charge >= 0.3 is 5.97 Å². The number of amides is 1. The second-order valence-corrected chi connectivity index (χ2v) is 7.17. The molecule has 1 aliphatic heterocycles. The average Bonchev–Trinajstić information content (AvgIpc) is 2.76. The van der Waals surface area contributed by atoms with Crippen LogP contribution in [0.5, 0.6) is 5.75 Å². The molecular weight excluding hydrogens is 368 g/mol. The highest BCUT2D eigenvalue weighted by molar-refractivity contribution is 5.89. The van der Waals surface area contributed by atoms with Gasteiger partial charge in [0.1, 0.15) is 5.75 Å². The number of fused-ring (bicyclic) bond motifs is 1. The number of methoxy groups -OCH3 is 1. The van der Waals surface area contributed by atoms with E-state index in [9.17, 15) is 9.59 Å². The van der Waals surface area contributed by atoms with Gasteiger partial charge < -0.3 is 14.8 Å². The zero-order valence-corrected chi connectivity index (χ0v) is 17.2. The second-order valence-electron chi connectivity index (χ2n) is 7.17. The van der Waals surface area contributed by atoms with Gasteiger partial charge in [0.05, 0.1) is 25.3 Å². The molecule has 2 aromatic rings. The van der Waals surface area contributed by atoms with Gasteiger partial charge in [0.15, 0.2) is 0 Å². The molecule has 29 heavy (non-hydrogen) atoms. The van der Waals surface area contributed by atoms with E-state index in [0.717, 1.165) is 30.8 Å². The summed E-state index contributed by atoms with van der Waals surface area (Å²) < 4.78 is 10.3. The van der Waals surface area contributed by atoms with Crippen LogP contribution in [0, 0.1) is 0 Å². The summed E-state index contributed by atoms with van der Waals surface area (Å²) in [6.45, 7) is 6.56. The lowest BCUT2D eigenvalue weighted by Gasteiger charge is -2.33. The summed E-state index contributed by atoms with van der Waals surface area (Å²) in [5.74, 6) is 0.499. The predicted molar refractivity (Wildman–Crippen MR) is 111 cm³/mol. The Balaban J connectivity index is 1.56. The molecule has 0 saturated heterocycles. The van der Waals surface area contributed by atoms with Gasteiger partial charge in [-0.15, -0.1) is 0 Å². The van der Waals surface area contributed by atoms with Gasteiger partial charge in [0, 0.05) is 19.6 Å². The van der Waals surface area contributed by atoms with Crippen molar-refractivity contribution in [2.75, 3.05) is 20.3 Å². The van der Waals surface area contributed by atoms with Crippen LogP contribution in [-0.2, 0) is 29.0 Å². The summed E-state index contributed by atoms with van der Waals surface area (Å²) in [4.78, 5) is 26.4. The zero-order valence-electron chi connectivity index (χ0n) is 17.2. The summed E-state index contributed by atoms with van der Waals surface area (Å²) in [7, 11) is 1.36. The summed E-state index contributed by atoms with van der Waals surface area (Å²) in [6.07, 6.45) is 0.925. The van der Waals surface area contributed by atoms with Crippen LogP contribution in [0.4, 0.5) is 0 Å². The van der Waals surface area contributed by atoms with Gasteiger partial charge in [-0.05, 0) is 61.2 Å². The van der Waals surface area contributed by atoms with Gasteiger partial charge in [-0.2, -0.15) is 0 Å². The molecule has 0 saturated carbocycles. The van der Waals surface area contributed by atoms with Gasteiger partial charge in [-0.25, -0.2) is 4.79 Å². The minimum absolute atomic E-state index is 0.00791. The summed E-state index contributed by atoms with van der Waals surface area (Å²) >= 11 is 0. The highest BCUT2D eigenvalue weighted by Crippen LogP contribution is 2.25. The Labute approximate surface area is 171 Å². The number of ether oxygens (including phenoxy) is 2. The molecule has 3 rings (SSSR count). The number of benzene rings is 2. The van der Waals surface area contributed by atoms with Crippen LogP contribution in [0.15, 0.2) is 42.5 Å². The fourth-order valence-corrected chi connectivity index (χ4v) is 3.52. The molecule has 1 aliphatic rings. The smallest absolute Gasteiger partial charge is 0.337 e. The molecule has 0 bridgehead atoms. The molecule has 6 nitrogen and oxygen atoms in total. The molecule has 1 unspecified atom stereocenters. The molecule has 2 aromatic carbocycles. The molecular formula is C23H28N2O4. The number of carbonyl (C=O) groups excluding carboxylic acids is 2. The first-order valence-corrected chi connectivity index (χ1v) is 9.95. The van der Waals surface area contributed by atoms with Crippen molar-refractivity contribution >= 4 is 11.9 Å². The van der Waals surface area contributed by atoms with E-state index in [2.05, 4.69) is 22.3 Å². The van der Waals surface area contributed by atoms with Crippen molar-refractivity contribution in [3.63, 3.8) is 0 Å². The third kappa shape index (κ3) is 5.15. The van der Waals surface area contributed by atoms with E-state index in [4.69, 9.17) is 9.47 Å². The van der Waals surface area contributed by atoms with E-state index in [0.29, 0.717) is 18.7 Å². The molecule has 0 aromatic heterocycles. The van der Waals surface area contributed by atoms with Crippen LogP contribution >= 0.6 is 0 Å². The molecule has 1 atom stereocenters. The monoisotopic (exact) mass is 396 g/mol. The molecule has 0 spiro atoms. The molecule has 1 N–H and O–H groups in total. The Morgan fingerprint density at radius 2 is 1.90 bits per heavy atom. The Hall–Kier alpha value is -2.86. The highest BCUT2D eigenvalue weighted by Gasteiger charge is 2.25. The molecule has 0 radical (unpaired) electrons. The average molecular weight is 396 g/mol. The molecule has 0 aliphatic carbocycles. The SMILES string of the molecule is CCOc1ccc2c(c1)CN(C(C)C(=O)NCc1ccc(C(=O)OC)cc1)CC2. The van der Waals surface area contributed by atoms with E-state index in [1.807, 2.05) is 32.0 Å². The Morgan fingerprint density at radius 3 is 2.59 bits per heavy atom. The fourth-order valence-electron chi connectivity index (χ4n) is 3.52. The maximum absolute atomic E-state index is 12.7. The van der Waals surface area contributed by atoms with E-state index in [1.165, 1.54) is 18.2 Å². The van der Waals surface area contributed by atoms with Gasteiger partial charge in [0.2, 0.25) is 5.91 Å². The van der Waals surface area contributed by atoms with E-state index >= 15 is 0 Å². The largest absolute Gasteiger partial charge is 0.494 e. The van der Waals surface area contributed by atoms with Crippen molar-refractivity contribution in [2.45, 2.75) is 39.4 Å². The summed E-state index contributed by atoms with van der Waals surface area (Å²) in [5.41, 5.74) is 3.97. The van der Waals surface area contributed by atoms with Crippen molar-refractivity contribution in [2.24, 2.45) is 0 Å². The maximum atomic E-state index is 12.7. The molecule has 1 amide bonds. The summed E-state index contributed by atoms with van der Waals surface area (Å²) in [5, 5.41) is 2.99. The van der Waals surface area contributed by atoms with Gasteiger partial charge in [-0.3, -0.25) is 9.69 Å². The highest BCUT2D eigenvalue weighted by atomic mass is 16.5. The first-order valence-electron chi connectivity index (χ1n) is 9.95. The fraction of sp³-hybridized carbons (Fsp3) is 0.391. The Kier molecular flexibility index (Phi) is 6.88. The standard InChI is InChI=1S/C23H28N2O4/c1-4-29-21-10-9-18-11-12-25(15-20(18)13-21)16(2)22(26)24-14-17-5-7-19(8-6-17)23(27)28-3/h5-10,13,16H,4,11-12,14-15H2,1-3H3,(H,24,26). The predicted octanol–water partition coefficient (Wildman–Crippen LogP) is 2.93. The lowest BCUT2D eigenvalue weighted by molar-refractivity contribution is -0.126. The number of hydrogen-bond acceptors (Lipinski definition) is 5. The van der Waals surface area contributed by atoms with Crippen molar-refractivity contribution in [3.05, 3.63) is 64.7 Å². The molecule has 154 valence electrons. The van der Waals surface area contributed by atoms with E-state index in [1.54, 1.807) is 12.1 Å². The van der Waals surface area contributed by atoms with Crippen LogP contribution in [0.1, 0.15) is 40.9 Å². The number of nitrogens with one attached hydrogen (secondary N) is 1. The molecule has 6 heteroatoms. The third-order valence-electron chi connectivity index (χ3n) is 5.30. The quantitative estimate of drug-likeness (QED) is 0.729. The second kappa shape index (κ2) is 9.56. The van der Waals surface area contributed by atoms with Crippen molar-refractivity contribution < 1.29 is 19.1 Å². The zero-order chi connectivity index (χ0) is 20.8. The van der Waals surface area contributed by atoms with Crippen molar-refractivity contribution in [1.82, 2.24) is 10.2 Å². The van der Waals surface area contributed by atoms with Gasteiger partial charge in [-0.1, -0.05) is 18.2 Å². The molecule has 1 heterocycles. The van der Waals surface area contributed by atoms with Crippen LogP contribution in [0.3, 0.4) is 0 Å². The number of nitrogens with zero attached hydrogens (tertiary/aromatic N) is 1. The van der Waals surface area contributed by atoms with E-state index in [-0.39, 0.29) is 17.9 Å². The number of rotatable bonds is 7. The van der Waals surface area contributed by atoms with Crippen molar-refractivity contribution in [1.29, 1.82) is 0 Å².